The molecule has 1 fully saturated rings. The fourth-order valence-electron chi connectivity index (χ4n) is 3.64. The highest BCUT2D eigenvalue weighted by Gasteiger charge is 2.20. The fraction of sp³-hybridized carbons (Fsp3) is 0.478. The van der Waals surface area contributed by atoms with E-state index in [0.29, 0.717) is 19.1 Å². The number of rotatable bonds is 7. The molecule has 1 heterocycles. The van der Waals surface area contributed by atoms with Crippen LogP contribution in [-0.2, 0) is 0 Å². The van der Waals surface area contributed by atoms with Gasteiger partial charge in [0.05, 0.1) is 0 Å². The number of nitrogens with zero attached hydrogens (tertiary/aromatic N) is 2. The van der Waals surface area contributed by atoms with Gasteiger partial charge in [-0.1, -0.05) is 43.6 Å². The fourth-order valence-corrected chi connectivity index (χ4v) is 3.83. The Labute approximate surface area is 173 Å². The number of aliphatic hydroxyl groups is 1. The largest absolute Gasteiger partial charge is 0.491 e. The summed E-state index contributed by atoms with van der Waals surface area (Å²) in [5, 5.41) is 11.3. The molecule has 2 aromatic carbocycles. The summed E-state index contributed by atoms with van der Waals surface area (Å²) >= 11 is 6.10. The van der Waals surface area contributed by atoms with Crippen molar-refractivity contribution in [2.24, 2.45) is 0 Å². The van der Waals surface area contributed by atoms with Gasteiger partial charge in [0.2, 0.25) is 0 Å². The standard InChI is InChI=1S/C23H31ClN2O2/c1-17(2)22-8-7-18(3)13-23(22)28-16-21(27)15-25-9-11-26(12-10-25)20-6-4-5-19(24)14-20/h4-8,13-14,17,21,27H,9-12,15-16H2,1-3H3. The van der Waals surface area contributed by atoms with Gasteiger partial charge in [0.1, 0.15) is 18.5 Å². The van der Waals surface area contributed by atoms with Gasteiger partial charge in [-0.3, -0.25) is 4.90 Å². The first-order valence-electron chi connectivity index (χ1n) is 10.1. The summed E-state index contributed by atoms with van der Waals surface area (Å²) in [4.78, 5) is 4.64. The van der Waals surface area contributed by atoms with Gasteiger partial charge < -0.3 is 14.7 Å². The van der Waals surface area contributed by atoms with Crippen molar-refractivity contribution in [3.63, 3.8) is 0 Å². The number of ether oxygens (including phenoxy) is 1. The van der Waals surface area contributed by atoms with Crippen molar-refractivity contribution in [3.8, 4) is 5.75 Å². The van der Waals surface area contributed by atoms with Gasteiger partial charge in [0, 0.05) is 43.4 Å². The smallest absolute Gasteiger partial charge is 0.123 e. The van der Waals surface area contributed by atoms with Gasteiger partial charge in [-0.25, -0.2) is 0 Å². The van der Waals surface area contributed by atoms with Crippen molar-refractivity contribution in [1.29, 1.82) is 0 Å². The van der Waals surface area contributed by atoms with Gasteiger partial charge >= 0.3 is 0 Å². The van der Waals surface area contributed by atoms with Gasteiger partial charge in [-0.15, -0.1) is 0 Å². The molecule has 28 heavy (non-hydrogen) atoms. The number of anilines is 1. The van der Waals surface area contributed by atoms with Crippen molar-refractivity contribution in [2.75, 3.05) is 44.2 Å². The molecule has 0 bridgehead atoms. The Morgan fingerprint density at radius 3 is 2.50 bits per heavy atom. The quantitative estimate of drug-likeness (QED) is 0.747. The number of aliphatic hydroxyl groups excluding tert-OH is 1. The molecule has 1 unspecified atom stereocenters. The molecule has 1 atom stereocenters. The molecule has 0 spiro atoms. The molecule has 2 aromatic rings. The molecule has 0 aromatic heterocycles. The Morgan fingerprint density at radius 2 is 1.82 bits per heavy atom. The number of β-amino-alcohol motifs (C(OH)–C–C–N with tert-alkyl or cyclic N) is 1. The van der Waals surface area contributed by atoms with E-state index in [1.165, 1.54) is 11.1 Å². The van der Waals surface area contributed by atoms with Crippen LogP contribution in [0.1, 0.15) is 30.9 Å². The summed E-state index contributed by atoms with van der Waals surface area (Å²) in [6, 6.07) is 14.3. The van der Waals surface area contributed by atoms with Crippen LogP contribution < -0.4 is 9.64 Å². The van der Waals surface area contributed by atoms with Crippen LogP contribution in [0.4, 0.5) is 5.69 Å². The lowest BCUT2D eigenvalue weighted by atomic mass is 10.0. The lowest BCUT2D eigenvalue weighted by molar-refractivity contribution is 0.0659. The minimum atomic E-state index is -0.502. The molecule has 1 aliphatic heterocycles. The first-order valence-corrected chi connectivity index (χ1v) is 10.4. The number of piperazine rings is 1. The number of hydrogen-bond donors (Lipinski definition) is 1. The summed E-state index contributed by atoms with van der Waals surface area (Å²) in [6.45, 7) is 11.0. The molecular weight excluding hydrogens is 372 g/mol. The number of halogens is 1. The molecular formula is C23H31ClN2O2. The minimum Gasteiger partial charge on any atom is -0.491 e. The first-order chi connectivity index (χ1) is 13.4. The summed E-state index contributed by atoms with van der Waals surface area (Å²) in [6.07, 6.45) is -0.502. The molecule has 3 rings (SSSR count). The Hall–Kier alpha value is -1.75. The number of benzene rings is 2. The average Bonchev–Trinajstić information content (AvgIpc) is 2.67. The van der Waals surface area contributed by atoms with E-state index in [1.54, 1.807) is 0 Å². The predicted molar refractivity (Wildman–Crippen MR) is 117 cm³/mol. The number of aryl methyl sites for hydroxylation is 1. The second kappa shape index (κ2) is 9.64. The zero-order valence-corrected chi connectivity index (χ0v) is 17.8. The van der Waals surface area contributed by atoms with Crippen LogP contribution in [0.15, 0.2) is 42.5 Å². The topological polar surface area (TPSA) is 35.9 Å². The predicted octanol–water partition coefficient (Wildman–Crippen LogP) is 4.33. The molecule has 0 saturated carbocycles. The van der Waals surface area contributed by atoms with E-state index < -0.39 is 6.10 Å². The Kier molecular flexibility index (Phi) is 7.22. The highest BCUT2D eigenvalue weighted by atomic mass is 35.5. The van der Waals surface area contributed by atoms with Crippen LogP contribution in [0.5, 0.6) is 5.75 Å². The van der Waals surface area contributed by atoms with E-state index in [4.69, 9.17) is 16.3 Å². The van der Waals surface area contributed by atoms with Crippen LogP contribution >= 0.6 is 11.6 Å². The summed E-state index contributed by atoms with van der Waals surface area (Å²) in [7, 11) is 0. The van der Waals surface area contributed by atoms with Gasteiger partial charge in [-0.2, -0.15) is 0 Å². The zero-order valence-electron chi connectivity index (χ0n) is 17.1. The second-order valence-electron chi connectivity index (χ2n) is 7.93. The van der Waals surface area contributed by atoms with E-state index in [1.807, 2.05) is 18.2 Å². The maximum Gasteiger partial charge on any atom is 0.123 e. The van der Waals surface area contributed by atoms with Gasteiger partial charge in [-0.05, 0) is 48.2 Å². The molecule has 0 aliphatic carbocycles. The van der Waals surface area contributed by atoms with E-state index >= 15 is 0 Å². The Bertz CT molecular complexity index is 773. The molecule has 5 heteroatoms. The van der Waals surface area contributed by atoms with Crippen molar-refractivity contribution < 1.29 is 9.84 Å². The summed E-state index contributed by atoms with van der Waals surface area (Å²) < 4.78 is 5.98. The van der Waals surface area contributed by atoms with Crippen LogP contribution in [0.2, 0.25) is 5.02 Å². The molecule has 0 amide bonds. The summed E-state index contributed by atoms with van der Waals surface area (Å²) in [5.41, 5.74) is 3.52. The summed E-state index contributed by atoms with van der Waals surface area (Å²) in [5.74, 6) is 1.28. The van der Waals surface area contributed by atoms with Gasteiger partial charge in [0.15, 0.2) is 0 Å². The van der Waals surface area contributed by atoms with Crippen LogP contribution in [0.25, 0.3) is 0 Å². The van der Waals surface area contributed by atoms with E-state index in [0.717, 1.165) is 42.6 Å². The third-order valence-electron chi connectivity index (χ3n) is 5.24. The molecule has 1 aliphatic rings. The molecule has 1 saturated heterocycles. The Balaban J connectivity index is 1.47. The highest BCUT2D eigenvalue weighted by Crippen LogP contribution is 2.27. The maximum absolute atomic E-state index is 10.5. The average molecular weight is 403 g/mol. The number of hydrogen-bond acceptors (Lipinski definition) is 4. The highest BCUT2D eigenvalue weighted by molar-refractivity contribution is 6.30. The molecule has 0 radical (unpaired) electrons. The van der Waals surface area contributed by atoms with Crippen molar-refractivity contribution in [3.05, 3.63) is 58.6 Å². The van der Waals surface area contributed by atoms with Crippen LogP contribution in [0, 0.1) is 6.92 Å². The van der Waals surface area contributed by atoms with Crippen molar-refractivity contribution in [1.82, 2.24) is 4.90 Å². The van der Waals surface area contributed by atoms with Crippen molar-refractivity contribution >= 4 is 17.3 Å². The van der Waals surface area contributed by atoms with E-state index in [9.17, 15) is 5.11 Å². The van der Waals surface area contributed by atoms with E-state index in [2.05, 4.69) is 54.8 Å². The monoisotopic (exact) mass is 402 g/mol. The Morgan fingerprint density at radius 1 is 1.07 bits per heavy atom. The first kappa shape index (κ1) is 21.0. The normalized spacial score (nSPS) is 16.4. The molecule has 1 N–H and O–H groups in total. The maximum atomic E-state index is 10.5. The molecule has 4 nitrogen and oxygen atoms in total. The van der Waals surface area contributed by atoms with E-state index in [-0.39, 0.29) is 0 Å². The van der Waals surface area contributed by atoms with Gasteiger partial charge in [0.25, 0.3) is 0 Å². The van der Waals surface area contributed by atoms with Crippen LogP contribution in [-0.4, -0.2) is 55.4 Å². The molecule has 152 valence electrons. The SMILES string of the molecule is Cc1ccc(C(C)C)c(OCC(O)CN2CCN(c3cccc(Cl)c3)CC2)c1. The van der Waals surface area contributed by atoms with Crippen LogP contribution in [0.3, 0.4) is 0 Å². The third kappa shape index (κ3) is 5.63. The lowest BCUT2D eigenvalue weighted by Crippen LogP contribution is -2.49. The minimum absolute atomic E-state index is 0.317. The van der Waals surface area contributed by atoms with Crippen molar-refractivity contribution in [2.45, 2.75) is 32.8 Å². The lowest BCUT2D eigenvalue weighted by Gasteiger charge is -2.37. The zero-order chi connectivity index (χ0) is 20.1. The third-order valence-corrected chi connectivity index (χ3v) is 5.47. The second-order valence-corrected chi connectivity index (χ2v) is 8.36.